The molecule has 1 fully saturated rings. The van der Waals surface area contributed by atoms with Crippen LogP contribution in [0, 0.1) is 0 Å². The monoisotopic (exact) mass is 501 g/mol. The fraction of sp³-hybridized carbons (Fsp3) is 0.556. The Morgan fingerprint density at radius 2 is 1.78 bits per heavy atom. The highest BCUT2D eigenvalue weighted by atomic mass is 16.5. The maximum atomic E-state index is 13.5. The van der Waals surface area contributed by atoms with Crippen LogP contribution in [0.4, 0.5) is 4.79 Å². The van der Waals surface area contributed by atoms with Crippen LogP contribution in [0.5, 0.6) is 11.5 Å². The van der Waals surface area contributed by atoms with E-state index in [4.69, 9.17) is 18.6 Å². The Hall–Kier alpha value is -3.20. The molecule has 1 aromatic heterocycles. The zero-order valence-electron chi connectivity index (χ0n) is 21.7. The Bertz CT molecular complexity index is 943. The Morgan fingerprint density at radius 1 is 1.00 bits per heavy atom. The van der Waals surface area contributed by atoms with Crippen molar-refractivity contribution in [1.82, 2.24) is 15.1 Å². The van der Waals surface area contributed by atoms with Gasteiger partial charge >= 0.3 is 6.03 Å². The Kier molecular flexibility index (Phi) is 10.9. The van der Waals surface area contributed by atoms with Gasteiger partial charge in [0.2, 0.25) is 5.91 Å². The summed E-state index contributed by atoms with van der Waals surface area (Å²) in [5.74, 6) is 1.83. The summed E-state index contributed by atoms with van der Waals surface area (Å²) in [5, 5.41) is 3.12. The highest BCUT2D eigenvalue weighted by Crippen LogP contribution is 2.28. The zero-order valence-corrected chi connectivity index (χ0v) is 21.7. The minimum atomic E-state index is -0.217. The average molecular weight is 502 g/mol. The third-order valence-corrected chi connectivity index (χ3v) is 6.51. The van der Waals surface area contributed by atoms with Gasteiger partial charge in [-0.1, -0.05) is 25.3 Å². The quantitative estimate of drug-likeness (QED) is 0.448. The summed E-state index contributed by atoms with van der Waals surface area (Å²) in [6, 6.07) is 9.32. The van der Waals surface area contributed by atoms with Gasteiger partial charge in [-0.3, -0.25) is 4.79 Å². The van der Waals surface area contributed by atoms with Gasteiger partial charge in [-0.15, -0.1) is 0 Å². The molecule has 0 spiro atoms. The number of nitrogens with one attached hydrogen (secondary N) is 1. The van der Waals surface area contributed by atoms with Gasteiger partial charge in [0, 0.05) is 26.2 Å². The van der Waals surface area contributed by atoms with Gasteiger partial charge in [-0.2, -0.15) is 0 Å². The maximum Gasteiger partial charge on any atom is 0.318 e. The summed E-state index contributed by atoms with van der Waals surface area (Å²) in [6.45, 7) is 1.44. The number of methoxy groups -OCH3 is 3. The van der Waals surface area contributed by atoms with E-state index in [1.807, 2.05) is 24.3 Å². The van der Waals surface area contributed by atoms with Crippen molar-refractivity contribution in [3.8, 4) is 11.5 Å². The van der Waals surface area contributed by atoms with Crippen LogP contribution < -0.4 is 14.8 Å². The van der Waals surface area contributed by atoms with E-state index in [9.17, 15) is 9.59 Å². The summed E-state index contributed by atoms with van der Waals surface area (Å²) in [6.07, 6.45) is 7.61. The van der Waals surface area contributed by atoms with Crippen LogP contribution in [0.2, 0.25) is 0 Å². The molecule has 0 atom stereocenters. The van der Waals surface area contributed by atoms with Crippen molar-refractivity contribution in [3.05, 3.63) is 47.9 Å². The third-order valence-electron chi connectivity index (χ3n) is 6.51. The molecule has 0 bridgehead atoms. The van der Waals surface area contributed by atoms with Crippen LogP contribution in [-0.4, -0.2) is 75.4 Å². The maximum absolute atomic E-state index is 13.5. The predicted octanol–water partition coefficient (Wildman–Crippen LogP) is 3.86. The van der Waals surface area contributed by atoms with E-state index in [2.05, 4.69) is 5.32 Å². The van der Waals surface area contributed by atoms with Gasteiger partial charge in [0.05, 0.1) is 33.6 Å². The lowest BCUT2D eigenvalue weighted by molar-refractivity contribution is -0.132. The van der Waals surface area contributed by atoms with Gasteiger partial charge in [0.1, 0.15) is 12.3 Å². The van der Waals surface area contributed by atoms with Crippen molar-refractivity contribution >= 4 is 11.9 Å². The third kappa shape index (κ3) is 8.19. The molecule has 0 radical (unpaired) electrons. The van der Waals surface area contributed by atoms with Gasteiger partial charge in [-0.25, -0.2) is 4.79 Å². The standard InChI is InChI=1S/C27H39N3O6/c1-33-17-15-30(27(32)28-22-8-5-4-6-9-22)20-26(31)29(19-23-10-7-16-36-23)14-13-21-11-12-24(34-2)25(18-21)35-3/h7,10-12,16,18,22H,4-6,8-9,13-15,17,19-20H2,1-3H3,(H,28,32). The first kappa shape index (κ1) is 27.4. The highest BCUT2D eigenvalue weighted by molar-refractivity contribution is 5.84. The second-order valence-corrected chi connectivity index (χ2v) is 9.03. The molecular formula is C27H39N3O6. The first-order valence-corrected chi connectivity index (χ1v) is 12.6. The summed E-state index contributed by atoms with van der Waals surface area (Å²) < 4.78 is 21.4. The molecule has 3 amide bonds. The summed E-state index contributed by atoms with van der Waals surface area (Å²) in [4.78, 5) is 29.8. The number of ether oxygens (including phenoxy) is 3. The number of benzene rings is 1. The van der Waals surface area contributed by atoms with Crippen molar-refractivity contribution in [2.75, 3.05) is 47.6 Å². The summed E-state index contributed by atoms with van der Waals surface area (Å²) in [7, 11) is 4.79. The Labute approximate surface area is 213 Å². The number of hydrogen-bond donors (Lipinski definition) is 1. The molecule has 1 aliphatic carbocycles. The van der Waals surface area contributed by atoms with Crippen LogP contribution >= 0.6 is 0 Å². The molecule has 1 N–H and O–H groups in total. The van der Waals surface area contributed by atoms with Gasteiger partial charge in [-0.05, 0) is 49.1 Å². The lowest BCUT2D eigenvalue weighted by Gasteiger charge is -2.30. The molecule has 198 valence electrons. The molecule has 9 heteroatoms. The SMILES string of the molecule is COCCN(CC(=O)N(CCc1ccc(OC)c(OC)c1)Cc1ccco1)C(=O)NC1CCCCC1. The normalized spacial score (nSPS) is 13.8. The molecule has 0 unspecified atom stereocenters. The number of amides is 3. The lowest BCUT2D eigenvalue weighted by atomic mass is 9.96. The largest absolute Gasteiger partial charge is 0.493 e. The molecule has 0 aliphatic heterocycles. The Morgan fingerprint density at radius 3 is 2.44 bits per heavy atom. The van der Waals surface area contributed by atoms with Crippen molar-refractivity contribution in [1.29, 1.82) is 0 Å². The van der Waals surface area contributed by atoms with Gasteiger partial charge in [0.25, 0.3) is 0 Å². The number of rotatable bonds is 13. The number of urea groups is 1. The van der Waals surface area contributed by atoms with E-state index in [-0.39, 0.29) is 24.5 Å². The van der Waals surface area contributed by atoms with Crippen LogP contribution in [0.15, 0.2) is 41.0 Å². The van der Waals surface area contributed by atoms with Gasteiger partial charge in [0.15, 0.2) is 11.5 Å². The van der Waals surface area contributed by atoms with Crippen LogP contribution in [-0.2, 0) is 22.5 Å². The van der Waals surface area contributed by atoms with Gasteiger partial charge < -0.3 is 33.7 Å². The van der Waals surface area contributed by atoms with E-state index >= 15 is 0 Å². The fourth-order valence-corrected chi connectivity index (χ4v) is 4.41. The molecule has 1 saturated carbocycles. The van der Waals surface area contributed by atoms with E-state index in [1.54, 1.807) is 43.5 Å². The summed E-state index contributed by atoms with van der Waals surface area (Å²) in [5.41, 5.74) is 1.01. The van der Waals surface area contributed by atoms with Crippen LogP contribution in [0.25, 0.3) is 0 Å². The molecule has 9 nitrogen and oxygen atoms in total. The van der Waals surface area contributed by atoms with E-state index in [0.717, 1.165) is 31.2 Å². The van der Waals surface area contributed by atoms with E-state index in [0.29, 0.717) is 49.9 Å². The predicted molar refractivity (Wildman–Crippen MR) is 136 cm³/mol. The number of nitrogens with zero attached hydrogens (tertiary/aromatic N) is 2. The molecule has 0 saturated heterocycles. The van der Waals surface area contributed by atoms with Crippen LogP contribution in [0.3, 0.4) is 0 Å². The molecule has 36 heavy (non-hydrogen) atoms. The Balaban J connectivity index is 1.68. The number of carbonyl (C=O) groups excluding carboxylic acids is 2. The van der Waals surface area contributed by atoms with E-state index in [1.165, 1.54) is 6.42 Å². The van der Waals surface area contributed by atoms with Crippen molar-refractivity contribution < 1.29 is 28.2 Å². The number of hydrogen-bond acceptors (Lipinski definition) is 6. The first-order valence-electron chi connectivity index (χ1n) is 12.6. The molecule has 2 aromatic rings. The van der Waals surface area contributed by atoms with Crippen molar-refractivity contribution in [2.45, 2.75) is 51.1 Å². The molecule has 1 aliphatic rings. The molecule has 1 aromatic carbocycles. The zero-order chi connectivity index (χ0) is 25.8. The minimum Gasteiger partial charge on any atom is -0.493 e. The van der Waals surface area contributed by atoms with Crippen molar-refractivity contribution in [2.24, 2.45) is 0 Å². The topological polar surface area (TPSA) is 93.5 Å². The summed E-state index contributed by atoms with van der Waals surface area (Å²) >= 11 is 0. The second kappa shape index (κ2) is 14.4. The average Bonchev–Trinajstić information content (AvgIpc) is 3.42. The number of furan rings is 1. The van der Waals surface area contributed by atoms with Crippen LogP contribution in [0.1, 0.15) is 43.4 Å². The molecular weight excluding hydrogens is 462 g/mol. The second-order valence-electron chi connectivity index (χ2n) is 9.03. The number of carbonyl (C=O) groups is 2. The molecule has 3 rings (SSSR count). The first-order chi connectivity index (χ1) is 17.5. The highest BCUT2D eigenvalue weighted by Gasteiger charge is 2.24. The molecule has 1 heterocycles. The minimum absolute atomic E-state index is 0.0332. The van der Waals surface area contributed by atoms with E-state index < -0.39 is 0 Å². The fourth-order valence-electron chi connectivity index (χ4n) is 4.41. The lowest BCUT2D eigenvalue weighted by Crippen LogP contribution is -2.50. The smallest absolute Gasteiger partial charge is 0.318 e. The van der Waals surface area contributed by atoms with Crippen molar-refractivity contribution in [3.63, 3.8) is 0 Å².